The highest BCUT2D eigenvalue weighted by molar-refractivity contribution is 7.92. The average molecular weight is 368 g/mol. The molecule has 0 saturated carbocycles. The Hall–Kier alpha value is -2.68. The molecule has 0 amide bonds. The molecule has 9 heteroatoms. The first kappa shape index (κ1) is 18.7. The van der Waals surface area contributed by atoms with Gasteiger partial charge in [0.1, 0.15) is 0 Å². The van der Waals surface area contributed by atoms with Gasteiger partial charge in [0.15, 0.2) is 11.6 Å². The zero-order valence-corrected chi connectivity index (χ0v) is 14.7. The van der Waals surface area contributed by atoms with Crippen molar-refractivity contribution in [2.24, 2.45) is 0 Å². The van der Waals surface area contributed by atoms with Crippen LogP contribution in [-0.4, -0.2) is 27.0 Å². The summed E-state index contributed by atoms with van der Waals surface area (Å²) in [6, 6.07) is 7.27. The molecular weight excluding hydrogens is 351 g/mol. The van der Waals surface area contributed by atoms with Crippen LogP contribution in [0.25, 0.3) is 0 Å². The Bertz CT molecular complexity index is 915. The standard InChI is InChI=1S/C16H17FN2O5S/c1-4-18(15-9-12(19(20)21)6-5-11(15)2)25(22,23)13-7-8-16(24-3)14(17)10-13/h5-10H,4H2,1-3H3. The minimum absolute atomic E-state index is 0.0258. The number of hydrogen-bond donors (Lipinski definition) is 0. The number of benzene rings is 2. The molecule has 2 aromatic rings. The van der Waals surface area contributed by atoms with E-state index in [0.717, 1.165) is 10.4 Å². The highest BCUT2D eigenvalue weighted by Gasteiger charge is 2.27. The molecule has 134 valence electrons. The average Bonchev–Trinajstić information content (AvgIpc) is 2.56. The third kappa shape index (κ3) is 3.55. The Morgan fingerprint density at radius 3 is 2.44 bits per heavy atom. The van der Waals surface area contributed by atoms with Gasteiger partial charge in [0.2, 0.25) is 0 Å². The number of anilines is 1. The molecule has 25 heavy (non-hydrogen) atoms. The van der Waals surface area contributed by atoms with E-state index in [1.807, 2.05) is 0 Å². The summed E-state index contributed by atoms with van der Waals surface area (Å²) in [5.74, 6) is -0.885. The lowest BCUT2D eigenvalue weighted by Crippen LogP contribution is -2.31. The van der Waals surface area contributed by atoms with E-state index in [1.54, 1.807) is 13.8 Å². The van der Waals surface area contributed by atoms with Crippen molar-refractivity contribution in [3.63, 3.8) is 0 Å². The third-order valence-corrected chi connectivity index (χ3v) is 5.56. The normalized spacial score (nSPS) is 11.2. The fraction of sp³-hybridized carbons (Fsp3) is 0.250. The van der Waals surface area contributed by atoms with Gasteiger partial charge in [-0.05, 0) is 37.6 Å². The van der Waals surface area contributed by atoms with Crippen molar-refractivity contribution < 1.29 is 22.5 Å². The van der Waals surface area contributed by atoms with Gasteiger partial charge in [-0.25, -0.2) is 12.8 Å². The maximum Gasteiger partial charge on any atom is 0.271 e. The van der Waals surface area contributed by atoms with E-state index in [2.05, 4.69) is 0 Å². The number of non-ortho nitro benzene ring substituents is 1. The topological polar surface area (TPSA) is 89.8 Å². The molecule has 0 aliphatic carbocycles. The van der Waals surface area contributed by atoms with E-state index < -0.39 is 20.8 Å². The zero-order chi connectivity index (χ0) is 18.8. The van der Waals surface area contributed by atoms with Crippen molar-refractivity contribution in [2.45, 2.75) is 18.7 Å². The number of nitro groups is 1. The van der Waals surface area contributed by atoms with Gasteiger partial charge in [-0.15, -0.1) is 0 Å². The van der Waals surface area contributed by atoms with Gasteiger partial charge in [-0.3, -0.25) is 14.4 Å². The molecule has 2 aromatic carbocycles. The molecule has 0 spiro atoms. The molecule has 0 bridgehead atoms. The molecule has 0 N–H and O–H groups in total. The minimum atomic E-state index is -4.10. The molecule has 0 fully saturated rings. The molecule has 0 heterocycles. The summed E-state index contributed by atoms with van der Waals surface area (Å²) in [7, 11) is -2.83. The summed E-state index contributed by atoms with van der Waals surface area (Å²) in [6.45, 7) is 3.26. The number of nitrogens with zero attached hydrogens (tertiary/aromatic N) is 2. The second-order valence-corrected chi connectivity index (χ2v) is 7.06. The van der Waals surface area contributed by atoms with Crippen LogP contribution in [0.2, 0.25) is 0 Å². The number of methoxy groups -OCH3 is 1. The van der Waals surface area contributed by atoms with Gasteiger partial charge < -0.3 is 4.74 Å². The molecule has 0 aliphatic rings. The van der Waals surface area contributed by atoms with E-state index in [9.17, 15) is 22.9 Å². The lowest BCUT2D eigenvalue weighted by Gasteiger charge is -2.24. The van der Waals surface area contributed by atoms with E-state index in [1.165, 1.54) is 37.4 Å². The Morgan fingerprint density at radius 2 is 1.92 bits per heavy atom. The number of sulfonamides is 1. The molecule has 2 rings (SSSR count). The van der Waals surface area contributed by atoms with Crippen molar-refractivity contribution >= 4 is 21.4 Å². The maximum atomic E-state index is 13.9. The quantitative estimate of drug-likeness (QED) is 0.577. The summed E-state index contributed by atoms with van der Waals surface area (Å²) in [5.41, 5.74) is 0.494. The highest BCUT2D eigenvalue weighted by Crippen LogP contribution is 2.31. The highest BCUT2D eigenvalue weighted by atomic mass is 32.2. The van der Waals surface area contributed by atoms with Crippen molar-refractivity contribution in [3.8, 4) is 5.75 Å². The number of aryl methyl sites for hydroxylation is 1. The van der Waals surface area contributed by atoms with Crippen molar-refractivity contribution in [3.05, 3.63) is 57.9 Å². The molecule has 7 nitrogen and oxygen atoms in total. The molecule has 0 atom stereocenters. The fourth-order valence-corrected chi connectivity index (χ4v) is 3.93. The molecule has 0 saturated heterocycles. The van der Waals surface area contributed by atoms with Crippen LogP contribution >= 0.6 is 0 Å². The minimum Gasteiger partial charge on any atom is -0.494 e. The number of hydrogen-bond acceptors (Lipinski definition) is 5. The Labute approximate surface area is 144 Å². The van der Waals surface area contributed by atoms with E-state index in [4.69, 9.17) is 4.74 Å². The molecule has 0 aromatic heterocycles. The monoisotopic (exact) mass is 368 g/mol. The van der Waals surface area contributed by atoms with E-state index in [-0.39, 0.29) is 28.6 Å². The van der Waals surface area contributed by atoms with Crippen LogP contribution in [-0.2, 0) is 10.0 Å². The largest absolute Gasteiger partial charge is 0.494 e. The first-order chi connectivity index (χ1) is 11.7. The van der Waals surface area contributed by atoms with Crippen molar-refractivity contribution in [1.29, 1.82) is 0 Å². The van der Waals surface area contributed by atoms with Crippen molar-refractivity contribution in [2.75, 3.05) is 18.0 Å². The summed E-state index contributed by atoms with van der Waals surface area (Å²) in [6.07, 6.45) is 0. The second kappa shape index (κ2) is 7.06. The third-order valence-electron chi connectivity index (χ3n) is 3.67. The lowest BCUT2D eigenvalue weighted by atomic mass is 10.2. The van der Waals surface area contributed by atoms with Crippen LogP contribution in [0.5, 0.6) is 5.75 Å². The van der Waals surface area contributed by atoms with E-state index in [0.29, 0.717) is 5.56 Å². The van der Waals surface area contributed by atoms with Crippen LogP contribution in [0.4, 0.5) is 15.8 Å². The van der Waals surface area contributed by atoms with Gasteiger partial charge in [0.25, 0.3) is 15.7 Å². The summed E-state index contributed by atoms with van der Waals surface area (Å²) in [4.78, 5) is 10.1. The Kier molecular flexibility index (Phi) is 5.27. The van der Waals surface area contributed by atoms with Gasteiger partial charge in [-0.1, -0.05) is 6.07 Å². The van der Waals surface area contributed by atoms with Crippen LogP contribution in [0, 0.1) is 22.9 Å². The second-order valence-electron chi connectivity index (χ2n) is 5.19. The van der Waals surface area contributed by atoms with Crippen LogP contribution < -0.4 is 9.04 Å². The Balaban J connectivity index is 2.58. The smallest absolute Gasteiger partial charge is 0.271 e. The van der Waals surface area contributed by atoms with Crippen molar-refractivity contribution in [1.82, 2.24) is 0 Å². The predicted octanol–water partition coefficient (Wildman–Crippen LogP) is 3.27. The summed E-state index contributed by atoms with van der Waals surface area (Å²) >= 11 is 0. The molecule has 0 aliphatic heterocycles. The number of halogens is 1. The number of nitro benzene ring substituents is 1. The van der Waals surface area contributed by atoms with E-state index >= 15 is 0 Å². The first-order valence-corrected chi connectivity index (χ1v) is 8.77. The van der Waals surface area contributed by atoms with Gasteiger partial charge >= 0.3 is 0 Å². The SMILES string of the molecule is CCN(c1cc([N+](=O)[O-])ccc1C)S(=O)(=O)c1ccc(OC)c(F)c1. The lowest BCUT2D eigenvalue weighted by molar-refractivity contribution is -0.384. The van der Waals surface area contributed by atoms with Gasteiger partial charge in [0, 0.05) is 18.7 Å². The Morgan fingerprint density at radius 1 is 1.24 bits per heavy atom. The molecule has 0 radical (unpaired) electrons. The van der Waals surface area contributed by atoms with Crippen LogP contribution in [0.1, 0.15) is 12.5 Å². The molecular formula is C16H17FN2O5S. The van der Waals surface area contributed by atoms with Crippen LogP contribution in [0.3, 0.4) is 0 Å². The first-order valence-electron chi connectivity index (χ1n) is 7.33. The summed E-state index contributed by atoms with van der Waals surface area (Å²) in [5, 5.41) is 11.0. The fourth-order valence-electron chi connectivity index (χ4n) is 2.38. The van der Waals surface area contributed by atoms with Gasteiger partial charge in [-0.2, -0.15) is 0 Å². The number of rotatable bonds is 6. The maximum absolute atomic E-state index is 13.9. The predicted molar refractivity (Wildman–Crippen MR) is 91.0 cm³/mol. The zero-order valence-electron chi connectivity index (χ0n) is 13.9. The van der Waals surface area contributed by atoms with Gasteiger partial charge in [0.05, 0.1) is 22.6 Å². The summed E-state index contributed by atoms with van der Waals surface area (Å²) < 4.78 is 45.5. The molecule has 0 unspecified atom stereocenters. The number of ether oxygens (including phenoxy) is 1. The van der Waals surface area contributed by atoms with Crippen LogP contribution in [0.15, 0.2) is 41.3 Å².